The minimum absolute atomic E-state index is 0.443. The summed E-state index contributed by atoms with van der Waals surface area (Å²) in [6, 6.07) is 8.17. The molecule has 0 saturated carbocycles. The third kappa shape index (κ3) is 3.63. The molecule has 0 atom stereocenters. The van der Waals surface area contributed by atoms with Gasteiger partial charge < -0.3 is 10.5 Å². The molecule has 146 valence electrons. The van der Waals surface area contributed by atoms with Gasteiger partial charge in [0.15, 0.2) is 5.65 Å². The first-order chi connectivity index (χ1) is 13.3. The van der Waals surface area contributed by atoms with Crippen LogP contribution in [0.5, 0.6) is 5.75 Å². The van der Waals surface area contributed by atoms with E-state index in [1.807, 2.05) is 42.8 Å². The number of fused-ring (bicyclic) bond motifs is 1. The molecular weight excluding hydrogens is 350 g/mol. The van der Waals surface area contributed by atoms with E-state index >= 15 is 0 Å². The fourth-order valence-corrected chi connectivity index (χ4v) is 3.44. The smallest absolute Gasteiger partial charge is 0.202 e. The number of nitrogens with zero attached hydrogens (tertiary/aromatic N) is 4. The molecule has 3 rings (SSSR count). The van der Waals surface area contributed by atoms with Crippen LogP contribution in [0.4, 0.5) is 5.95 Å². The summed E-state index contributed by atoms with van der Waals surface area (Å²) in [5, 5.41) is 0. The molecule has 0 unspecified atom stereocenters. The van der Waals surface area contributed by atoms with Crippen molar-refractivity contribution in [3.8, 4) is 5.75 Å². The molecule has 0 aliphatic heterocycles. The van der Waals surface area contributed by atoms with Gasteiger partial charge in [-0.05, 0) is 51.0 Å². The quantitative estimate of drug-likeness (QED) is 0.674. The van der Waals surface area contributed by atoms with Crippen LogP contribution in [0.1, 0.15) is 37.5 Å². The Morgan fingerprint density at radius 3 is 2.61 bits per heavy atom. The molecule has 28 heavy (non-hydrogen) atoms. The third-order valence-corrected chi connectivity index (χ3v) is 4.91. The van der Waals surface area contributed by atoms with Crippen LogP contribution < -0.4 is 10.5 Å². The number of aryl methyl sites for hydroxylation is 1. The van der Waals surface area contributed by atoms with Crippen LogP contribution in [-0.2, 0) is 6.54 Å². The van der Waals surface area contributed by atoms with Crippen LogP contribution in [0.25, 0.3) is 16.7 Å². The van der Waals surface area contributed by atoms with Crippen LogP contribution in [0.3, 0.4) is 0 Å². The summed E-state index contributed by atoms with van der Waals surface area (Å²) in [4.78, 5) is 13.6. The number of benzene rings is 1. The molecule has 2 aromatic heterocycles. The van der Waals surface area contributed by atoms with Gasteiger partial charge >= 0.3 is 0 Å². The molecule has 6 nitrogen and oxygen atoms in total. The van der Waals surface area contributed by atoms with Crippen molar-refractivity contribution in [2.24, 2.45) is 4.99 Å². The molecule has 0 fully saturated rings. The maximum atomic E-state index is 6.22. The Bertz CT molecular complexity index is 1090. The molecule has 1 aromatic carbocycles. The molecule has 0 saturated heterocycles. The number of allylic oxidation sites excluding steroid dienone is 2. The van der Waals surface area contributed by atoms with Gasteiger partial charge in [-0.1, -0.05) is 17.7 Å². The molecule has 6 heteroatoms. The lowest BCUT2D eigenvalue weighted by Crippen LogP contribution is -2.06. The lowest BCUT2D eigenvalue weighted by atomic mass is 9.99. The Morgan fingerprint density at radius 1 is 1.21 bits per heavy atom. The van der Waals surface area contributed by atoms with Gasteiger partial charge in [-0.2, -0.15) is 0 Å². The Morgan fingerprint density at radius 2 is 1.96 bits per heavy atom. The van der Waals surface area contributed by atoms with Gasteiger partial charge in [0.1, 0.15) is 11.3 Å². The van der Waals surface area contributed by atoms with Crippen molar-refractivity contribution in [2.75, 3.05) is 19.9 Å². The summed E-state index contributed by atoms with van der Waals surface area (Å²) in [5.74, 6) is 1.30. The number of hydrogen-bond acceptors (Lipinski definition) is 5. The molecule has 0 aliphatic rings. The number of nitrogen functional groups attached to an aromatic ring is 1. The van der Waals surface area contributed by atoms with E-state index < -0.39 is 0 Å². The monoisotopic (exact) mass is 377 g/mol. The third-order valence-electron chi connectivity index (χ3n) is 4.91. The van der Waals surface area contributed by atoms with E-state index in [4.69, 9.17) is 10.5 Å². The Hall–Kier alpha value is -3.15. The number of methoxy groups -OCH3 is 1. The second-order valence-corrected chi connectivity index (χ2v) is 7.11. The average molecular weight is 377 g/mol. The second-order valence-electron chi connectivity index (χ2n) is 7.11. The number of imidazole rings is 1. The topological polar surface area (TPSA) is 78.3 Å². The molecule has 0 bridgehead atoms. The number of ether oxygens (including phenoxy) is 1. The Balaban J connectivity index is 2.05. The summed E-state index contributed by atoms with van der Waals surface area (Å²) in [5.41, 5.74) is 14.2. The van der Waals surface area contributed by atoms with Crippen LogP contribution >= 0.6 is 0 Å². The Kier molecular flexibility index (Phi) is 5.49. The largest absolute Gasteiger partial charge is 0.496 e. The highest BCUT2D eigenvalue weighted by molar-refractivity contribution is 6.23. The molecule has 2 N–H and O–H groups in total. The first-order valence-corrected chi connectivity index (χ1v) is 9.22. The molecule has 3 aromatic rings. The van der Waals surface area contributed by atoms with E-state index in [-0.39, 0.29) is 0 Å². The average Bonchev–Trinajstić information content (AvgIpc) is 2.97. The maximum absolute atomic E-state index is 6.22. The van der Waals surface area contributed by atoms with Crippen LogP contribution in [0, 0.1) is 6.92 Å². The minimum atomic E-state index is 0.443. The zero-order valence-electron chi connectivity index (χ0n) is 17.4. The van der Waals surface area contributed by atoms with Crippen molar-refractivity contribution in [1.29, 1.82) is 0 Å². The highest BCUT2D eigenvalue weighted by Gasteiger charge is 2.14. The van der Waals surface area contributed by atoms with Crippen molar-refractivity contribution in [1.82, 2.24) is 14.5 Å². The highest BCUT2D eigenvalue weighted by atomic mass is 16.5. The zero-order chi connectivity index (χ0) is 20.4. The Labute approximate surface area is 165 Å². The maximum Gasteiger partial charge on any atom is 0.202 e. The summed E-state index contributed by atoms with van der Waals surface area (Å²) >= 11 is 0. The lowest BCUT2D eigenvalue weighted by molar-refractivity contribution is 0.411. The summed E-state index contributed by atoms with van der Waals surface area (Å²) in [6.07, 6.45) is 1.87. The molecule has 2 heterocycles. The van der Waals surface area contributed by atoms with E-state index in [2.05, 4.69) is 34.9 Å². The predicted octanol–water partition coefficient (Wildman–Crippen LogP) is 4.26. The predicted molar refractivity (Wildman–Crippen MR) is 116 cm³/mol. The van der Waals surface area contributed by atoms with Crippen LogP contribution in [0.15, 0.2) is 41.0 Å². The number of rotatable bonds is 5. The first-order valence-electron chi connectivity index (χ1n) is 9.22. The fourth-order valence-electron chi connectivity index (χ4n) is 3.44. The number of nitrogens with two attached hydrogens (primary N) is 1. The van der Waals surface area contributed by atoms with Gasteiger partial charge in [0.05, 0.1) is 13.7 Å². The van der Waals surface area contributed by atoms with Crippen molar-refractivity contribution in [3.63, 3.8) is 0 Å². The van der Waals surface area contributed by atoms with Gasteiger partial charge in [0, 0.05) is 30.1 Å². The summed E-state index contributed by atoms with van der Waals surface area (Å²) < 4.78 is 7.35. The number of pyridine rings is 1. The molecule has 0 aliphatic carbocycles. The van der Waals surface area contributed by atoms with Crippen molar-refractivity contribution in [2.45, 2.75) is 34.2 Å². The summed E-state index contributed by atoms with van der Waals surface area (Å²) in [7, 11) is 3.48. The van der Waals surface area contributed by atoms with Gasteiger partial charge in [-0.25, -0.2) is 9.97 Å². The fraction of sp³-hybridized carbons (Fsp3) is 0.318. The number of aromatic nitrogens is 3. The van der Waals surface area contributed by atoms with Gasteiger partial charge in [0.2, 0.25) is 5.95 Å². The molecule has 0 amide bonds. The van der Waals surface area contributed by atoms with Crippen molar-refractivity contribution in [3.05, 3.63) is 52.7 Å². The van der Waals surface area contributed by atoms with E-state index in [9.17, 15) is 0 Å². The minimum Gasteiger partial charge on any atom is -0.496 e. The van der Waals surface area contributed by atoms with Gasteiger partial charge in [-0.15, -0.1) is 0 Å². The van der Waals surface area contributed by atoms with Gasteiger partial charge in [-0.3, -0.25) is 9.56 Å². The first kappa shape index (κ1) is 19.6. The van der Waals surface area contributed by atoms with E-state index in [0.29, 0.717) is 12.5 Å². The highest BCUT2D eigenvalue weighted by Crippen LogP contribution is 2.26. The SMILES string of the molecule is C/N=C(/C)C(=C(C)C)c1cnc2c(c1)nc(N)n2Cc1ccc(C)c(OC)c1. The van der Waals surface area contributed by atoms with E-state index in [1.165, 1.54) is 5.57 Å². The lowest BCUT2D eigenvalue weighted by Gasteiger charge is -2.11. The van der Waals surface area contributed by atoms with Crippen molar-refractivity contribution >= 4 is 28.4 Å². The zero-order valence-corrected chi connectivity index (χ0v) is 17.4. The van der Waals surface area contributed by atoms with E-state index in [0.717, 1.165) is 44.9 Å². The van der Waals surface area contributed by atoms with Crippen molar-refractivity contribution < 1.29 is 4.74 Å². The standard InChI is InChI=1S/C22H27N5O/c1-13(2)20(15(4)24-5)17-10-18-21(25-11-17)27(22(23)26-18)12-16-8-7-14(3)19(9-16)28-6/h7-11H,12H2,1-6H3,(H2,23,26)/b24-15-. The summed E-state index contributed by atoms with van der Waals surface area (Å²) in [6.45, 7) is 8.76. The van der Waals surface area contributed by atoms with Crippen LogP contribution in [0.2, 0.25) is 0 Å². The van der Waals surface area contributed by atoms with Crippen LogP contribution in [-0.4, -0.2) is 34.4 Å². The number of anilines is 1. The van der Waals surface area contributed by atoms with E-state index in [1.54, 1.807) is 14.2 Å². The molecule has 0 spiro atoms. The normalized spacial score (nSPS) is 11.7. The number of hydrogen-bond donors (Lipinski definition) is 1. The number of aliphatic imine (C=N–C) groups is 1. The molecular formula is C22H27N5O. The second kappa shape index (κ2) is 7.84. The van der Waals surface area contributed by atoms with Gasteiger partial charge in [0.25, 0.3) is 0 Å². The molecule has 0 radical (unpaired) electrons.